The van der Waals surface area contributed by atoms with Crippen LogP contribution >= 0.6 is 0 Å². The highest BCUT2D eigenvalue weighted by Crippen LogP contribution is 2.23. The van der Waals surface area contributed by atoms with Crippen molar-refractivity contribution >= 4 is 11.6 Å². The van der Waals surface area contributed by atoms with E-state index < -0.39 is 6.10 Å². The lowest BCUT2D eigenvalue weighted by Gasteiger charge is -2.20. The van der Waals surface area contributed by atoms with Crippen LogP contribution in [0.5, 0.6) is 5.75 Å². The number of rotatable bonds is 7. The number of oxime groups is 1. The molecule has 2 aromatic rings. The Hall–Kier alpha value is -2.82. The SMILES string of the molecule is CCC(NC(=O)C1CC(c2ccc(OC)cc2)=NO1)c1ccc(C(C)C)cc1. The predicted octanol–water partition coefficient (Wildman–Crippen LogP) is 4.58. The summed E-state index contributed by atoms with van der Waals surface area (Å²) in [6.45, 7) is 6.41. The first-order valence-corrected chi connectivity index (χ1v) is 9.79. The second-order valence-electron chi connectivity index (χ2n) is 7.36. The van der Waals surface area contributed by atoms with E-state index in [1.165, 1.54) is 5.56 Å². The molecule has 0 spiro atoms. The van der Waals surface area contributed by atoms with E-state index in [1.807, 2.05) is 24.3 Å². The van der Waals surface area contributed by atoms with E-state index in [0.29, 0.717) is 12.3 Å². The van der Waals surface area contributed by atoms with Gasteiger partial charge < -0.3 is 14.9 Å². The first-order chi connectivity index (χ1) is 13.5. The molecule has 2 atom stereocenters. The van der Waals surface area contributed by atoms with Crippen molar-refractivity contribution in [2.24, 2.45) is 5.16 Å². The Kier molecular flexibility index (Phi) is 6.34. The summed E-state index contributed by atoms with van der Waals surface area (Å²) in [7, 11) is 1.63. The van der Waals surface area contributed by atoms with Crippen molar-refractivity contribution in [1.29, 1.82) is 0 Å². The standard InChI is InChI=1S/C23H28N2O3/c1-5-20(17-8-6-16(7-9-17)15(2)3)24-23(26)22-14-21(25-28-22)18-10-12-19(27-4)13-11-18/h6-13,15,20,22H,5,14H2,1-4H3,(H,24,26). The average molecular weight is 380 g/mol. The highest BCUT2D eigenvalue weighted by molar-refractivity contribution is 6.04. The predicted molar refractivity (Wildman–Crippen MR) is 111 cm³/mol. The minimum Gasteiger partial charge on any atom is -0.497 e. The lowest BCUT2D eigenvalue weighted by atomic mass is 9.97. The van der Waals surface area contributed by atoms with Crippen LogP contribution in [0.4, 0.5) is 0 Å². The number of carbonyl (C=O) groups is 1. The van der Waals surface area contributed by atoms with Crippen molar-refractivity contribution in [3.8, 4) is 5.75 Å². The van der Waals surface area contributed by atoms with Gasteiger partial charge in [-0.05, 0) is 53.3 Å². The molecule has 28 heavy (non-hydrogen) atoms. The summed E-state index contributed by atoms with van der Waals surface area (Å²) in [6, 6.07) is 16.0. The quantitative estimate of drug-likeness (QED) is 0.765. The summed E-state index contributed by atoms with van der Waals surface area (Å²) in [4.78, 5) is 18.1. The van der Waals surface area contributed by atoms with Crippen LogP contribution < -0.4 is 10.1 Å². The van der Waals surface area contributed by atoms with Gasteiger partial charge in [0, 0.05) is 6.42 Å². The Labute approximate surface area is 166 Å². The normalized spacial score (nSPS) is 17.0. The Morgan fingerprint density at radius 2 is 1.79 bits per heavy atom. The number of nitrogens with zero attached hydrogens (tertiary/aromatic N) is 1. The Morgan fingerprint density at radius 1 is 1.14 bits per heavy atom. The van der Waals surface area contributed by atoms with Gasteiger partial charge in [0.15, 0.2) is 0 Å². The Morgan fingerprint density at radius 3 is 2.36 bits per heavy atom. The van der Waals surface area contributed by atoms with Crippen molar-refractivity contribution < 1.29 is 14.4 Å². The summed E-state index contributed by atoms with van der Waals surface area (Å²) in [5.41, 5.74) is 4.11. The number of carbonyl (C=O) groups excluding carboxylic acids is 1. The van der Waals surface area contributed by atoms with Gasteiger partial charge in [0.2, 0.25) is 6.10 Å². The Balaban J connectivity index is 1.61. The van der Waals surface area contributed by atoms with E-state index in [9.17, 15) is 4.79 Å². The average Bonchev–Trinajstić information content (AvgIpc) is 3.22. The third-order valence-corrected chi connectivity index (χ3v) is 5.11. The van der Waals surface area contributed by atoms with Gasteiger partial charge in [-0.25, -0.2) is 0 Å². The maximum Gasteiger partial charge on any atom is 0.264 e. The zero-order valence-corrected chi connectivity index (χ0v) is 16.9. The fraction of sp³-hybridized carbons (Fsp3) is 0.391. The Bertz CT molecular complexity index is 826. The van der Waals surface area contributed by atoms with Gasteiger partial charge in [-0.3, -0.25) is 4.79 Å². The zero-order chi connectivity index (χ0) is 20.1. The zero-order valence-electron chi connectivity index (χ0n) is 16.9. The lowest BCUT2D eigenvalue weighted by molar-refractivity contribution is -0.132. The van der Waals surface area contributed by atoms with Gasteiger partial charge in [0.1, 0.15) is 5.75 Å². The second-order valence-corrected chi connectivity index (χ2v) is 7.36. The van der Waals surface area contributed by atoms with Gasteiger partial charge in [-0.2, -0.15) is 0 Å². The van der Waals surface area contributed by atoms with Gasteiger partial charge in [-0.1, -0.05) is 50.2 Å². The van der Waals surface area contributed by atoms with Crippen molar-refractivity contribution in [2.45, 2.75) is 51.7 Å². The van der Waals surface area contributed by atoms with Crippen molar-refractivity contribution in [3.05, 3.63) is 65.2 Å². The summed E-state index contributed by atoms with van der Waals surface area (Å²) >= 11 is 0. The molecule has 0 bridgehead atoms. The molecule has 0 aromatic heterocycles. The van der Waals surface area contributed by atoms with E-state index in [-0.39, 0.29) is 11.9 Å². The minimum atomic E-state index is -0.596. The maximum atomic E-state index is 12.7. The second kappa shape index (κ2) is 8.91. The molecular weight excluding hydrogens is 352 g/mol. The van der Waals surface area contributed by atoms with Gasteiger partial charge in [-0.15, -0.1) is 0 Å². The van der Waals surface area contributed by atoms with E-state index in [1.54, 1.807) is 7.11 Å². The molecule has 1 amide bonds. The highest BCUT2D eigenvalue weighted by Gasteiger charge is 2.30. The number of hydrogen-bond donors (Lipinski definition) is 1. The molecule has 0 aliphatic carbocycles. The fourth-order valence-electron chi connectivity index (χ4n) is 3.27. The van der Waals surface area contributed by atoms with Gasteiger partial charge in [0.05, 0.1) is 18.9 Å². The van der Waals surface area contributed by atoms with Crippen molar-refractivity contribution in [1.82, 2.24) is 5.32 Å². The monoisotopic (exact) mass is 380 g/mol. The molecule has 1 aliphatic rings. The minimum absolute atomic E-state index is 0.0395. The van der Waals surface area contributed by atoms with Crippen molar-refractivity contribution in [3.63, 3.8) is 0 Å². The summed E-state index contributed by atoms with van der Waals surface area (Å²) < 4.78 is 5.17. The molecule has 5 heteroatoms. The molecule has 0 radical (unpaired) electrons. The molecule has 0 saturated heterocycles. The first kappa shape index (κ1) is 19.9. The van der Waals surface area contributed by atoms with E-state index >= 15 is 0 Å². The third-order valence-electron chi connectivity index (χ3n) is 5.11. The van der Waals surface area contributed by atoms with Crippen LogP contribution in [0.3, 0.4) is 0 Å². The maximum absolute atomic E-state index is 12.7. The molecule has 1 heterocycles. The van der Waals surface area contributed by atoms with Crippen LogP contribution in [0.15, 0.2) is 53.7 Å². The van der Waals surface area contributed by atoms with Crippen LogP contribution in [0.1, 0.15) is 62.3 Å². The number of ether oxygens (including phenoxy) is 1. The van der Waals surface area contributed by atoms with Crippen LogP contribution in [-0.2, 0) is 9.63 Å². The van der Waals surface area contributed by atoms with Crippen LogP contribution in [-0.4, -0.2) is 24.8 Å². The summed E-state index contributed by atoms with van der Waals surface area (Å²) in [5.74, 6) is 1.14. The van der Waals surface area contributed by atoms with E-state index in [2.05, 4.69) is 55.5 Å². The van der Waals surface area contributed by atoms with Gasteiger partial charge >= 0.3 is 0 Å². The summed E-state index contributed by atoms with van der Waals surface area (Å²) in [6.07, 6.45) is 0.674. The van der Waals surface area contributed by atoms with Crippen LogP contribution in [0, 0.1) is 0 Å². The highest BCUT2D eigenvalue weighted by atomic mass is 16.6. The third kappa shape index (κ3) is 4.53. The number of nitrogens with one attached hydrogen (secondary N) is 1. The van der Waals surface area contributed by atoms with Gasteiger partial charge in [0.25, 0.3) is 5.91 Å². The summed E-state index contributed by atoms with van der Waals surface area (Å²) in [5, 5.41) is 7.22. The number of amides is 1. The first-order valence-electron chi connectivity index (χ1n) is 9.79. The number of methoxy groups -OCH3 is 1. The van der Waals surface area contributed by atoms with E-state index in [4.69, 9.17) is 9.57 Å². The molecule has 2 aromatic carbocycles. The molecule has 5 nitrogen and oxygen atoms in total. The topological polar surface area (TPSA) is 59.9 Å². The molecule has 1 aliphatic heterocycles. The van der Waals surface area contributed by atoms with Crippen LogP contribution in [0.25, 0.3) is 0 Å². The molecule has 0 fully saturated rings. The number of hydrogen-bond acceptors (Lipinski definition) is 4. The largest absolute Gasteiger partial charge is 0.497 e. The molecular formula is C23H28N2O3. The molecule has 1 N–H and O–H groups in total. The fourth-order valence-corrected chi connectivity index (χ4v) is 3.27. The van der Waals surface area contributed by atoms with E-state index in [0.717, 1.165) is 29.0 Å². The van der Waals surface area contributed by atoms with Crippen molar-refractivity contribution in [2.75, 3.05) is 7.11 Å². The van der Waals surface area contributed by atoms with Crippen LogP contribution in [0.2, 0.25) is 0 Å². The lowest BCUT2D eigenvalue weighted by Crippen LogP contribution is -2.37. The smallest absolute Gasteiger partial charge is 0.264 e. The molecule has 148 valence electrons. The molecule has 2 unspecified atom stereocenters. The molecule has 3 rings (SSSR count). The molecule has 0 saturated carbocycles. The number of benzene rings is 2.